The lowest BCUT2D eigenvalue weighted by molar-refractivity contribution is 0.764. The molecule has 0 saturated heterocycles. The maximum absolute atomic E-state index is 7.21. The molecule has 0 fully saturated rings. The maximum Gasteiger partial charge on any atom is 0.197 e. The molecule has 8 heteroatoms. The molecule has 88 valence electrons. The molecule has 0 aliphatic heterocycles. The third-order valence-corrected chi connectivity index (χ3v) is 3.11. The highest BCUT2D eigenvalue weighted by atomic mass is 32.2. The summed E-state index contributed by atoms with van der Waals surface area (Å²) in [6.07, 6.45) is 3.03. The molecule has 0 unspecified atom stereocenters. The van der Waals surface area contributed by atoms with Crippen LogP contribution in [0, 0.1) is 12.3 Å². The molecular weight excluding hydrogens is 238 g/mol. The molecule has 0 saturated carbocycles. The molecule has 7 nitrogen and oxygen atoms in total. The van der Waals surface area contributed by atoms with Gasteiger partial charge in [-0.2, -0.15) is 0 Å². The van der Waals surface area contributed by atoms with Crippen LogP contribution in [0.5, 0.6) is 0 Å². The van der Waals surface area contributed by atoms with Crippen molar-refractivity contribution in [3.05, 3.63) is 23.9 Å². The predicted molar refractivity (Wildman–Crippen MR) is 62.9 cm³/mol. The molecule has 2 heterocycles. The van der Waals surface area contributed by atoms with Crippen molar-refractivity contribution in [1.29, 1.82) is 5.41 Å². The zero-order valence-corrected chi connectivity index (χ0v) is 10.2. The monoisotopic (exact) mass is 249 g/mol. The molecular formula is C9H11N7S. The highest BCUT2D eigenvalue weighted by molar-refractivity contribution is 7.99. The van der Waals surface area contributed by atoms with Gasteiger partial charge in [0.1, 0.15) is 22.4 Å². The van der Waals surface area contributed by atoms with Crippen molar-refractivity contribution in [2.75, 3.05) is 0 Å². The summed E-state index contributed by atoms with van der Waals surface area (Å²) in [5.74, 6) is 0.740. The quantitative estimate of drug-likeness (QED) is 0.600. The van der Waals surface area contributed by atoms with Gasteiger partial charge in [0.25, 0.3) is 0 Å². The number of nitrogen functional groups attached to an aromatic ring is 1. The molecule has 2 aromatic heterocycles. The second-order valence-corrected chi connectivity index (χ2v) is 4.33. The van der Waals surface area contributed by atoms with Crippen molar-refractivity contribution < 1.29 is 0 Å². The Morgan fingerprint density at radius 1 is 1.35 bits per heavy atom. The van der Waals surface area contributed by atoms with Crippen molar-refractivity contribution in [3.63, 3.8) is 0 Å². The number of nitrogens with zero attached hydrogens (tertiary/aromatic N) is 5. The van der Waals surface area contributed by atoms with Crippen LogP contribution in [0.15, 0.2) is 22.6 Å². The number of hydrogen-bond donors (Lipinski definition) is 2. The van der Waals surface area contributed by atoms with Crippen LogP contribution in [0.4, 0.5) is 0 Å². The van der Waals surface area contributed by atoms with E-state index >= 15 is 0 Å². The summed E-state index contributed by atoms with van der Waals surface area (Å²) in [4.78, 5) is 8.16. The Bertz CT molecular complexity index is 545. The average molecular weight is 249 g/mol. The first-order chi connectivity index (χ1) is 8.08. The number of rotatable bonds is 3. The van der Waals surface area contributed by atoms with E-state index in [0.29, 0.717) is 10.7 Å². The number of hydrogen-bond acceptors (Lipinski definition) is 6. The first-order valence-corrected chi connectivity index (χ1v) is 5.60. The standard InChI is InChI=1S/C9H11N7S/c1-5-14-15-9(16(5)2)17-7-4-12-6(3-13-7)8(10)11/h3-4H,1-2H3,(H3,10,11). The van der Waals surface area contributed by atoms with Crippen LogP contribution in [0.2, 0.25) is 0 Å². The van der Waals surface area contributed by atoms with Gasteiger partial charge in [-0.3, -0.25) is 5.41 Å². The van der Waals surface area contributed by atoms with Gasteiger partial charge < -0.3 is 10.3 Å². The molecule has 0 amide bonds. The predicted octanol–water partition coefficient (Wildman–Crippen LogP) is 0.349. The molecule has 0 bridgehead atoms. The molecule has 0 spiro atoms. The summed E-state index contributed by atoms with van der Waals surface area (Å²) in [6, 6.07) is 0. The number of aryl methyl sites for hydroxylation is 1. The zero-order valence-electron chi connectivity index (χ0n) is 9.38. The lowest BCUT2D eigenvalue weighted by Gasteiger charge is -2.01. The molecule has 0 atom stereocenters. The third-order valence-electron chi connectivity index (χ3n) is 2.15. The van der Waals surface area contributed by atoms with Crippen molar-refractivity contribution in [2.45, 2.75) is 17.1 Å². The number of aromatic nitrogens is 5. The first kappa shape index (κ1) is 11.5. The normalized spacial score (nSPS) is 10.5. The fourth-order valence-corrected chi connectivity index (χ4v) is 1.83. The van der Waals surface area contributed by atoms with E-state index in [-0.39, 0.29) is 5.84 Å². The number of amidine groups is 1. The van der Waals surface area contributed by atoms with Crippen LogP contribution in [0.25, 0.3) is 0 Å². The Balaban J connectivity index is 2.19. The average Bonchev–Trinajstić information content (AvgIpc) is 2.62. The van der Waals surface area contributed by atoms with E-state index in [0.717, 1.165) is 11.0 Å². The molecule has 0 radical (unpaired) electrons. The van der Waals surface area contributed by atoms with Gasteiger partial charge in [-0.1, -0.05) is 0 Å². The number of nitrogens with two attached hydrogens (primary N) is 1. The van der Waals surface area contributed by atoms with E-state index in [9.17, 15) is 0 Å². The maximum atomic E-state index is 7.21. The molecule has 0 aliphatic carbocycles. The highest BCUT2D eigenvalue weighted by Crippen LogP contribution is 2.23. The van der Waals surface area contributed by atoms with Crippen LogP contribution < -0.4 is 5.73 Å². The van der Waals surface area contributed by atoms with Gasteiger partial charge in [0.05, 0.1) is 12.4 Å². The molecule has 0 aromatic carbocycles. The SMILES string of the molecule is Cc1nnc(Sc2cnc(C(=N)N)cn2)n1C. The van der Waals surface area contributed by atoms with Crippen molar-refractivity contribution in [1.82, 2.24) is 24.7 Å². The minimum Gasteiger partial charge on any atom is -0.382 e. The summed E-state index contributed by atoms with van der Waals surface area (Å²) in [5, 5.41) is 16.6. The topological polar surface area (TPSA) is 106 Å². The highest BCUT2D eigenvalue weighted by Gasteiger charge is 2.08. The molecule has 3 N–H and O–H groups in total. The second-order valence-electron chi connectivity index (χ2n) is 3.34. The van der Waals surface area contributed by atoms with Gasteiger partial charge in [-0.25, -0.2) is 9.97 Å². The van der Waals surface area contributed by atoms with Gasteiger partial charge in [-0.15, -0.1) is 10.2 Å². The summed E-state index contributed by atoms with van der Waals surface area (Å²) in [7, 11) is 1.88. The molecule has 17 heavy (non-hydrogen) atoms. The van der Waals surface area contributed by atoms with Crippen molar-refractivity contribution >= 4 is 17.6 Å². The van der Waals surface area contributed by atoms with Crippen LogP contribution in [-0.2, 0) is 7.05 Å². The zero-order chi connectivity index (χ0) is 12.4. The van der Waals surface area contributed by atoms with E-state index in [1.165, 1.54) is 18.0 Å². The van der Waals surface area contributed by atoms with Crippen LogP contribution in [-0.4, -0.2) is 30.6 Å². The van der Waals surface area contributed by atoms with Gasteiger partial charge in [-0.05, 0) is 18.7 Å². The van der Waals surface area contributed by atoms with Crippen molar-refractivity contribution in [2.24, 2.45) is 12.8 Å². The summed E-state index contributed by atoms with van der Waals surface area (Å²) in [5.41, 5.74) is 5.66. The lowest BCUT2D eigenvalue weighted by atomic mass is 10.4. The fourth-order valence-electron chi connectivity index (χ4n) is 1.08. The Labute approximate surface area is 102 Å². The lowest BCUT2D eigenvalue weighted by Crippen LogP contribution is -2.13. The van der Waals surface area contributed by atoms with Crippen molar-refractivity contribution in [3.8, 4) is 0 Å². The van der Waals surface area contributed by atoms with E-state index in [1.807, 2.05) is 18.5 Å². The Kier molecular flexibility index (Phi) is 3.05. The largest absolute Gasteiger partial charge is 0.382 e. The van der Waals surface area contributed by atoms with Gasteiger partial charge >= 0.3 is 0 Å². The smallest absolute Gasteiger partial charge is 0.197 e. The van der Waals surface area contributed by atoms with E-state index in [4.69, 9.17) is 11.1 Å². The third kappa shape index (κ3) is 2.41. The second kappa shape index (κ2) is 4.50. The van der Waals surface area contributed by atoms with Gasteiger partial charge in [0, 0.05) is 7.05 Å². The summed E-state index contributed by atoms with van der Waals surface area (Å²) < 4.78 is 1.87. The van der Waals surface area contributed by atoms with Crippen LogP contribution >= 0.6 is 11.8 Å². The fraction of sp³-hybridized carbons (Fsp3) is 0.222. The Morgan fingerprint density at radius 2 is 2.12 bits per heavy atom. The molecule has 2 aromatic rings. The van der Waals surface area contributed by atoms with Gasteiger partial charge in [0.2, 0.25) is 0 Å². The summed E-state index contributed by atoms with van der Waals surface area (Å²) >= 11 is 1.36. The van der Waals surface area contributed by atoms with E-state index < -0.39 is 0 Å². The molecule has 0 aliphatic rings. The van der Waals surface area contributed by atoms with Gasteiger partial charge in [0.15, 0.2) is 5.16 Å². The van der Waals surface area contributed by atoms with Crippen LogP contribution in [0.3, 0.4) is 0 Å². The Morgan fingerprint density at radius 3 is 2.59 bits per heavy atom. The summed E-state index contributed by atoms with van der Waals surface area (Å²) in [6.45, 7) is 1.88. The Hall–Kier alpha value is -1.96. The van der Waals surface area contributed by atoms with E-state index in [2.05, 4.69) is 20.2 Å². The minimum atomic E-state index is -0.0939. The van der Waals surface area contributed by atoms with Crippen LogP contribution in [0.1, 0.15) is 11.5 Å². The first-order valence-electron chi connectivity index (χ1n) is 4.78. The molecule has 2 rings (SSSR count). The minimum absolute atomic E-state index is 0.0939. The number of nitrogens with one attached hydrogen (secondary N) is 1. The van der Waals surface area contributed by atoms with E-state index in [1.54, 1.807) is 6.20 Å².